The molecule has 11 heteroatoms. The van der Waals surface area contributed by atoms with Gasteiger partial charge in [0.05, 0.1) is 26.5 Å². The highest BCUT2D eigenvalue weighted by atomic mass is 16.5. The van der Waals surface area contributed by atoms with Gasteiger partial charge in [-0.05, 0) is 29.8 Å². The first-order valence-corrected chi connectivity index (χ1v) is 11.4. The van der Waals surface area contributed by atoms with Crippen molar-refractivity contribution in [1.82, 2.24) is 24.1 Å². The van der Waals surface area contributed by atoms with E-state index in [0.717, 1.165) is 9.25 Å². The van der Waals surface area contributed by atoms with Crippen molar-refractivity contribution in [3.8, 4) is 17.2 Å². The standard InChI is InChI=1S/C25H27N5O6/c1-17(31)27-10-12-28(13-11-27)23(32)22-24(33)29(16-18-6-4-8-20(14-18)35-2)25(34)30(26-22)19-7-5-9-21(15-19)36-3/h4-9,14-15H,10-13,16H2,1-3H3. The van der Waals surface area contributed by atoms with Gasteiger partial charge in [0.25, 0.3) is 11.5 Å². The number of benzene rings is 2. The molecule has 11 nitrogen and oxygen atoms in total. The average molecular weight is 494 g/mol. The van der Waals surface area contributed by atoms with E-state index in [2.05, 4.69) is 5.10 Å². The summed E-state index contributed by atoms with van der Waals surface area (Å²) in [5.74, 6) is 0.383. The van der Waals surface area contributed by atoms with Crippen molar-refractivity contribution in [2.75, 3.05) is 40.4 Å². The first kappa shape index (κ1) is 24.7. The molecule has 0 unspecified atom stereocenters. The number of ether oxygens (including phenoxy) is 2. The number of piperazine rings is 1. The van der Waals surface area contributed by atoms with Crippen LogP contribution in [0.3, 0.4) is 0 Å². The summed E-state index contributed by atoms with van der Waals surface area (Å²) in [6.45, 7) is 2.62. The van der Waals surface area contributed by atoms with Crippen LogP contribution in [0.25, 0.3) is 5.69 Å². The Kier molecular flexibility index (Phi) is 7.18. The molecule has 0 aliphatic carbocycles. The number of aromatic nitrogens is 3. The summed E-state index contributed by atoms with van der Waals surface area (Å²) in [5.41, 5.74) is -0.883. The van der Waals surface area contributed by atoms with E-state index in [1.54, 1.807) is 53.4 Å². The second-order valence-corrected chi connectivity index (χ2v) is 8.29. The topological polar surface area (TPSA) is 116 Å². The van der Waals surface area contributed by atoms with Gasteiger partial charge in [0, 0.05) is 39.2 Å². The predicted molar refractivity (Wildman–Crippen MR) is 131 cm³/mol. The van der Waals surface area contributed by atoms with E-state index in [4.69, 9.17) is 9.47 Å². The zero-order valence-electron chi connectivity index (χ0n) is 20.3. The third kappa shape index (κ3) is 4.99. The number of nitrogens with zero attached hydrogens (tertiary/aromatic N) is 5. The third-order valence-electron chi connectivity index (χ3n) is 6.05. The van der Waals surface area contributed by atoms with Crippen molar-refractivity contribution in [3.05, 3.63) is 80.6 Å². The minimum atomic E-state index is -0.791. The number of hydrogen-bond donors (Lipinski definition) is 0. The monoisotopic (exact) mass is 493 g/mol. The lowest BCUT2D eigenvalue weighted by Gasteiger charge is -2.33. The summed E-state index contributed by atoms with van der Waals surface area (Å²) >= 11 is 0. The zero-order chi connectivity index (χ0) is 25.8. The van der Waals surface area contributed by atoms with Crippen LogP contribution in [-0.2, 0) is 11.3 Å². The summed E-state index contributed by atoms with van der Waals surface area (Å²) in [6.07, 6.45) is 0. The lowest BCUT2D eigenvalue weighted by Crippen LogP contribution is -2.52. The molecule has 0 saturated carbocycles. The van der Waals surface area contributed by atoms with Gasteiger partial charge < -0.3 is 19.3 Å². The number of hydrogen-bond acceptors (Lipinski definition) is 7. The third-order valence-corrected chi connectivity index (χ3v) is 6.05. The zero-order valence-corrected chi connectivity index (χ0v) is 20.3. The molecular formula is C25H27N5O6. The van der Waals surface area contributed by atoms with Gasteiger partial charge in [-0.2, -0.15) is 9.78 Å². The maximum Gasteiger partial charge on any atom is 0.352 e. The molecule has 1 aliphatic rings. The van der Waals surface area contributed by atoms with E-state index in [1.807, 2.05) is 0 Å². The van der Waals surface area contributed by atoms with Crippen molar-refractivity contribution in [1.29, 1.82) is 0 Å². The molecule has 0 spiro atoms. The number of amides is 2. The van der Waals surface area contributed by atoms with Gasteiger partial charge in [-0.1, -0.05) is 18.2 Å². The van der Waals surface area contributed by atoms with Crippen LogP contribution in [0.4, 0.5) is 0 Å². The van der Waals surface area contributed by atoms with Gasteiger partial charge in [0.2, 0.25) is 11.6 Å². The molecular weight excluding hydrogens is 466 g/mol. The highest BCUT2D eigenvalue weighted by Crippen LogP contribution is 2.16. The molecule has 1 fully saturated rings. The Bertz CT molecular complexity index is 1400. The number of methoxy groups -OCH3 is 2. The minimum Gasteiger partial charge on any atom is -0.497 e. The number of rotatable bonds is 6. The molecule has 3 aromatic rings. The molecule has 36 heavy (non-hydrogen) atoms. The largest absolute Gasteiger partial charge is 0.497 e. The fourth-order valence-electron chi connectivity index (χ4n) is 4.03. The second kappa shape index (κ2) is 10.5. The summed E-state index contributed by atoms with van der Waals surface area (Å²) in [4.78, 5) is 55.0. The molecule has 1 aliphatic heterocycles. The minimum absolute atomic E-state index is 0.0764. The van der Waals surface area contributed by atoms with E-state index < -0.39 is 17.2 Å². The van der Waals surface area contributed by atoms with Gasteiger partial charge in [-0.3, -0.25) is 19.0 Å². The van der Waals surface area contributed by atoms with Gasteiger partial charge in [0.1, 0.15) is 11.5 Å². The Morgan fingerprint density at radius 1 is 0.889 bits per heavy atom. The molecule has 0 bridgehead atoms. The van der Waals surface area contributed by atoms with Crippen LogP contribution in [0.2, 0.25) is 0 Å². The first-order valence-electron chi connectivity index (χ1n) is 11.4. The average Bonchev–Trinajstić information content (AvgIpc) is 2.91. The van der Waals surface area contributed by atoms with Crippen LogP contribution in [0.15, 0.2) is 58.1 Å². The SMILES string of the molecule is COc1cccc(Cn2c(=O)c(C(=O)N3CCN(C(C)=O)CC3)nn(-c3cccc(OC)c3)c2=O)c1. The molecule has 0 atom stereocenters. The summed E-state index contributed by atoms with van der Waals surface area (Å²) in [5, 5.41) is 4.20. The Balaban J connectivity index is 1.81. The lowest BCUT2D eigenvalue weighted by atomic mass is 10.2. The van der Waals surface area contributed by atoms with Crippen LogP contribution in [0, 0.1) is 0 Å². The van der Waals surface area contributed by atoms with E-state index in [1.165, 1.54) is 26.0 Å². The van der Waals surface area contributed by atoms with Crippen LogP contribution in [0.1, 0.15) is 23.0 Å². The highest BCUT2D eigenvalue weighted by molar-refractivity contribution is 5.92. The van der Waals surface area contributed by atoms with E-state index in [0.29, 0.717) is 35.8 Å². The van der Waals surface area contributed by atoms with Crippen LogP contribution >= 0.6 is 0 Å². The Morgan fingerprint density at radius 2 is 1.50 bits per heavy atom. The van der Waals surface area contributed by atoms with Crippen molar-refractivity contribution < 1.29 is 19.1 Å². The summed E-state index contributed by atoms with van der Waals surface area (Å²) in [7, 11) is 3.02. The maximum atomic E-state index is 13.4. The molecule has 1 saturated heterocycles. The second-order valence-electron chi connectivity index (χ2n) is 8.29. The lowest BCUT2D eigenvalue weighted by molar-refractivity contribution is -0.130. The van der Waals surface area contributed by atoms with Gasteiger partial charge in [-0.15, -0.1) is 0 Å². The predicted octanol–water partition coefficient (Wildman–Crippen LogP) is 0.764. The fraction of sp³-hybridized carbons (Fsp3) is 0.320. The van der Waals surface area contributed by atoms with Gasteiger partial charge in [-0.25, -0.2) is 4.79 Å². The van der Waals surface area contributed by atoms with Crippen molar-refractivity contribution in [2.45, 2.75) is 13.5 Å². The van der Waals surface area contributed by atoms with E-state index in [9.17, 15) is 19.2 Å². The van der Waals surface area contributed by atoms with Crippen molar-refractivity contribution >= 4 is 11.8 Å². The quantitative estimate of drug-likeness (QED) is 0.498. The van der Waals surface area contributed by atoms with Crippen LogP contribution in [0.5, 0.6) is 11.5 Å². The fourth-order valence-corrected chi connectivity index (χ4v) is 4.03. The summed E-state index contributed by atoms with van der Waals surface area (Å²) < 4.78 is 12.5. The van der Waals surface area contributed by atoms with E-state index >= 15 is 0 Å². The molecule has 0 N–H and O–H groups in total. The normalized spacial score (nSPS) is 13.4. The van der Waals surface area contributed by atoms with Gasteiger partial charge >= 0.3 is 5.69 Å². The first-order chi connectivity index (χ1) is 17.3. The number of carbonyl (C=O) groups is 2. The molecule has 1 aromatic heterocycles. The molecule has 4 rings (SSSR count). The van der Waals surface area contributed by atoms with Crippen LogP contribution in [-0.4, -0.2) is 76.4 Å². The molecule has 2 heterocycles. The van der Waals surface area contributed by atoms with Crippen molar-refractivity contribution in [3.63, 3.8) is 0 Å². The molecule has 2 aromatic carbocycles. The number of carbonyl (C=O) groups excluding carboxylic acids is 2. The van der Waals surface area contributed by atoms with Crippen molar-refractivity contribution in [2.24, 2.45) is 0 Å². The molecule has 2 amide bonds. The Morgan fingerprint density at radius 3 is 2.14 bits per heavy atom. The Labute approximate surface area is 207 Å². The molecule has 188 valence electrons. The highest BCUT2D eigenvalue weighted by Gasteiger charge is 2.28. The van der Waals surface area contributed by atoms with E-state index in [-0.39, 0.29) is 31.2 Å². The smallest absolute Gasteiger partial charge is 0.352 e. The van der Waals surface area contributed by atoms with Gasteiger partial charge in [0.15, 0.2) is 0 Å². The van der Waals surface area contributed by atoms with Crippen LogP contribution < -0.4 is 20.7 Å². The summed E-state index contributed by atoms with van der Waals surface area (Å²) in [6, 6.07) is 13.6. The Hall–Kier alpha value is -4.41. The maximum absolute atomic E-state index is 13.4. The molecule has 0 radical (unpaired) electrons.